The second kappa shape index (κ2) is 4.18. The van der Waals surface area contributed by atoms with Crippen LogP contribution in [0.4, 0.5) is 0 Å². The third kappa shape index (κ3) is 1.78. The molecule has 2 rings (SSSR count). The fourth-order valence-electron chi connectivity index (χ4n) is 1.80. The predicted molar refractivity (Wildman–Crippen MR) is 62.4 cm³/mol. The lowest BCUT2D eigenvalue weighted by Crippen LogP contribution is -2.18. The molecule has 85 valence electrons. The molecule has 1 aromatic carbocycles. The maximum absolute atomic E-state index is 9.50. The lowest BCUT2D eigenvalue weighted by atomic mass is 10.00. The lowest BCUT2D eigenvalue weighted by Gasteiger charge is -2.23. The summed E-state index contributed by atoms with van der Waals surface area (Å²) < 4.78 is 10.8. The van der Waals surface area contributed by atoms with Gasteiger partial charge in [0.2, 0.25) is 6.29 Å². The molecular weight excluding hydrogens is 204 g/mol. The molecule has 1 N–H and O–H groups in total. The van der Waals surface area contributed by atoms with Crippen LogP contribution in [0.25, 0.3) is 5.57 Å². The minimum absolute atomic E-state index is 0.582. The van der Waals surface area contributed by atoms with Crippen LogP contribution in [0.3, 0.4) is 0 Å². The van der Waals surface area contributed by atoms with E-state index in [9.17, 15) is 5.11 Å². The monoisotopic (exact) mass is 219 g/mol. The summed E-state index contributed by atoms with van der Waals surface area (Å²) in [6.07, 6.45) is 0.771. The Hall–Kier alpha value is -1.48. The van der Waals surface area contributed by atoms with Crippen molar-refractivity contribution < 1.29 is 14.6 Å². The van der Waals surface area contributed by atoms with Gasteiger partial charge in [-0.1, -0.05) is 0 Å². The van der Waals surface area contributed by atoms with Gasteiger partial charge in [-0.3, -0.25) is 0 Å². The Balaban J connectivity index is 2.50. The third-order valence-corrected chi connectivity index (χ3v) is 2.57. The molecule has 1 aliphatic heterocycles. The van der Waals surface area contributed by atoms with Crippen LogP contribution >= 0.6 is 0 Å². The van der Waals surface area contributed by atoms with Gasteiger partial charge in [0.05, 0.1) is 6.61 Å². The summed E-state index contributed by atoms with van der Waals surface area (Å²) in [6, 6.07) is 3.80. The van der Waals surface area contributed by atoms with Crippen molar-refractivity contribution in [2.45, 2.75) is 20.1 Å². The summed E-state index contributed by atoms with van der Waals surface area (Å²) in [5, 5.41) is 9.50. The van der Waals surface area contributed by atoms with E-state index in [-0.39, 0.29) is 0 Å². The zero-order valence-corrected chi connectivity index (χ0v) is 9.49. The van der Waals surface area contributed by atoms with Crippen LogP contribution in [0.15, 0.2) is 18.2 Å². The van der Waals surface area contributed by atoms with Gasteiger partial charge in [-0.15, -0.1) is 0 Å². The van der Waals surface area contributed by atoms with Crippen molar-refractivity contribution in [3.05, 3.63) is 36.3 Å². The largest absolute Gasteiger partial charge is 0.493 e. The molecule has 0 aliphatic carbocycles. The Morgan fingerprint density at radius 2 is 2.25 bits per heavy atom. The van der Waals surface area contributed by atoms with Crippen molar-refractivity contribution in [2.24, 2.45) is 0 Å². The van der Waals surface area contributed by atoms with E-state index in [1.165, 1.54) is 0 Å². The average molecular weight is 219 g/mol. The number of allylic oxidation sites excluding steroid dienone is 1. The van der Waals surface area contributed by atoms with E-state index in [0.717, 1.165) is 11.1 Å². The lowest BCUT2D eigenvalue weighted by molar-refractivity contribution is 0.0220. The molecule has 0 aromatic heterocycles. The van der Waals surface area contributed by atoms with E-state index in [1.807, 2.05) is 26.0 Å². The highest BCUT2D eigenvalue weighted by molar-refractivity contribution is 5.74. The molecule has 0 bridgehead atoms. The second-order valence-electron chi connectivity index (χ2n) is 3.71. The van der Waals surface area contributed by atoms with Crippen LogP contribution in [-0.4, -0.2) is 18.0 Å². The summed E-state index contributed by atoms with van der Waals surface area (Å²) >= 11 is 0. The first-order valence-corrected chi connectivity index (χ1v) is 5.28. The summed E-state index contributed by atoms with van der Waals surface area (Å²) in [7, 11) is 0. The number of hydrogen-bond donors (Lipinski definition) is 1. The first kappa shape index (κ1) is 11.0. The Kier molecular flexibility index (Phi) is 2.88. The van der Waals surface area contributed by atoms with Gasteiger partial charge >= 0.3 is 0 Å². The molecule has 1 radical (unpaired) electrons. The summed E-state index contributed by atoms with van der Waals surface area (Å²) in [5.41, 5.74) is 2.63. The minimum atomic E-state index is -0.898. The Morgan fingerprint density at radius 1 is 1.50 bits per heavy atom. The molecule has 0 fully saturated rings. The van der Waals surface area contributed by atoms with Gasteiger partial charge < -0.3 is 14.6 Å². The van der Waals surface area contributed by atoms with E-state index in [4.69, 9.17) is 9.47 Å². The van der Waals surface area contributed by atoms with Gasteiger partial charge in [0.15, 0.2) is 0 Å². The van der Waals surface area contributed by atoms with Crippen molar-refractivity contribution in [2.75, 3.05) is 6.61 Å². The number of aliphatic hydroxyl groups is 1. The molecule has 1 heterocycles. The number of aliphatic hydroxyl groups excluding tert-OH is 1. The van der Waals surface area contributed by atoms with E-state index >= 15 is 0 Å². The maximum Gasteiger partial charge on any atom is 0.217 e. The SMILES string of the molecule is [CH2]c1c(OCC)ccc2c1OC(O)C=C2C. The molecule has 0 saturated carbocycles. The number of hydrogen-bond acceptors (Lipinski definition) is 3. The molecule has 0 spiro atoms. The van der Waals surface area contributed by atoms with Gasteiger partial charge in [-0.25, -0.2) is 0 Å². The van der Waals surface area contributed by atoms with Crippen LogP contribution in [0, 0.1) is 6.92 Å². The summed E-state index contributed by atoms with van der Waals surface area (Å²) in [5.74, 6) is 1.31. The quantitative estimate of drug-likeness (QED) is 0.830. The summed E-state index contributed by atoms with van der Waals surface area (Å²) in [6.45, 7) is 8.37. The van der Waals surface area contributed by atoms with Gasteiger partial charge in [0.25, 0.3) is 0 Å². The molecule has 1 aliphatic rings. The van der Waals surface area contributed by atoms with Crippen molar-refractivity contribution in [3.63, 3.8) is 0 Å². The maximum atomic E-state index is 9.50. The van der Waals surface area contributed by atoms with Crippen LogP contribution < -0.4 is 9.47 Å². The van der Waals surface area contributed by atoms with Gasteiger partial charge in [-0.05, 0) is 44.6 Å². The first-order valence-electron chi connectivity index (χ1n) is 5.28. The van der Waals surface area contributed by atoms with E-state index in [0.29, 0.717) is 23.7 Å². The standard InChI is InChI=1S/C13H15O3/c1-4-15-11-6-5-10-8(2)7-12(14)16-13(10)9(11)3/h5-7,12,14H,3-4H2,1-2H3. The van der Waals surface area contributed by atoms with Crippen LogP contribution in [0.1, 0.15) is 25.0 Å². The molecule has 0 amide bonds. The van der Waals surface area contributed by atoms with Crippen LogP contribution in [-0.2, 0) is 0 Å². The zero-order chi connectivity index (χ0) is 11.7. The van der Waals surface area contributed by atoms with Crippen LogP contribution in [0.2, 0.25) is 0 Å². The van der Waals surface area contributed by atoms with Gasteiger partial charge in [-0.2, -0.15) is 0 Å². The first-order chi connectivity index (χ1) is 7.63. The van der Waals surface area contributed by atoms with Crippen molar-refractivity contribution in [1.82, 2.24) is 0 Å². The normalized spacial score (nSPS) is 18.5. The van der Waals surface area contributed by atoms with E-state index in [2.05, 4.69) is 6.92 Å². The molecule has 1 atom stereocenters. The molecule has 3 heteroatoms. The number of fused-ring (bicyclic) bond motifs is 1. The molecule has 16 heavy (non-hydrogen) atoms. The average Bonchev–Trinajstić information content (AvgIpc) is 2.23. The predicted octanol–water partition coefficient (Wildman–Crippen LogP) is 2.38. The van der Waals surface area contributed by atoms with Gasteiger partial charge in [0.1, 0.15) is 11.5 Å². The minimum Gasteiger partial charge on any atom is -0.493 e. The fourth-order valence-corrected chi connectivity index (χ4v) is 1.80. The Labute approximate surface area is 95.3 Å². The molecule has 1 aromatic rings. The number of ether oxygens (including phenoxy) is 2. The Bertz CT molecular complexity index is 435. The fraction of sp³-hybridized carbons (Fsp3) is 0.308. The van der Waals surface area contributed by atoms with Crippen molar-refractivity contribution >= 4 is 5.57 Å². The molecule has 1 unspecified atom stereocenters. The summed E-state index contributed by atoms with van der Waals surface area (Å²) in [4.78, 5) is 0. The highest BCUT2D eigenvalue weighted by Gasteiger charge is 2.20. The van der Waals surface area contributed by atoms with E-state index in [1.54, 1.807) is 6.08 Å². The second-order valence-corrected chi connectivity index (χ2v) is 3.71. The number of rotatable bonds is 2. The topological polar surface area (TPSA) is 38.7 Å². The van der Waals surface area contributed by atoms with E-state index < -0.39 is 6.29 Å². The third-order valence-electron chi connectivity index (χ3n) is 2.57. The van der Waals surface area contributed by atoms with Gasteiger partial charge in [0, 0.05) is 11.1 Å². The van der Waals surface area contributed by atoms with Crippen molar-refractivity contribution in [3.8, 4) is 11.5 Å². The highest BCUT2D eigenvalue weighted by Crippen LogP contribution is 2.38. The van der Waals surface area contributed by atoms with Crippen LogP contribution in [0.5, 0.6) is 11.5 Å². The number of benzene rings is 1. The molecular formula is C13H15O3. The Morgan fingerprint density at radius 3 is 2.94 bits per heavy atom. The molecule has 0 saturated heterocycles. The van der Waals surface area contributed by atoms with Crippen molar-refractivity contribution in [1.29, 1.82) is 0 Å². The molecule has 3 nitrogen and oxygen atoms in total. The highest BCUT2D eigenvalue weighted by atomic mass is 16.6. The zero-order valence-electron chi connectivity index (χ0n) is 9.49. The smallest absolute Gasteiger partial charge is 0.217 e.